The van der Waals surface area contributed by atoms with E-state index >= 15 is 0 Å². The highest BCUT2D eigenvalue weighted by atomic mass is 32.2. The third kappa shape index (κ3) is 5.50. The molecule has 1 aliphatic carbocycles. The lowest BCUT2D eigenvalue weighted by Crippen LogP contribution is -2.42. The fourth-order valence-corrected chi connectivity index (χ4v) is 4.28. The van der Waals surface area contributed by atoms with E-state index in [2.05, 4.69) is 32.5 Å². The van der Waals surface area contributed by atoms with E-state index in [-0.39, 0.29) is 17.6 Å². The van der Waals surface area contributed by atoms with Crippen LogP contribution in [0.1, 0.15) is 61.1 Å². The molecular weight excluding hydrogens is 390 g/mol. The van der Waals surface area contributed by atoms with Crippen LogP contribution in [-0.4, -0.2) is 39.4 Å². The van der Waals surface area contributed by atoms with Gasteiger partial charge in [-0.1, -0.05) is 31.0 Å². The maximum atomic E-state index is 12.1. The van der Waals surface area contributed by atoms with E-state index in [0.717, 1.165) is 30.4 Å². The van der Waals surface area contributed by atoms with Crippen LogP contribution in [0.4, 0.5) is 0 Å². The number of thioether (sulfide) groups is 1. The van der Waals surface area contributed by atoms with Gasteiger partial charge in [0.2, 0.25) is 5.91 Å². The zero-order chi connectivity index (χ0) is 20.6. The molecule has 2 N–H and O–H groups in total. The van der Waals surface area contributed by atoms with Crippen molar-refractivity contribution in [3.63, 3.8) is 0 Å². The number of hydrazine groups is 1. The highest BCUT2D eigenvalue weighted by Gasteiger charge is 2.23. The molecule has 2 amide bonds. The van der Waals surface area contributed by atoms with E-state index in [4.69, 9.17) is 4.74 Å². The van der Waals surface area contributed by atoms with E-state index in [1.54, 1.807) is 31.4 Å². The van der Waals surface area contributed by atoms with E-state index in [0.29, 0.717) is 17.2 Å². The predicted octanol–water partition coefficient (Wildman–Crippen LogP) is 2.91. The van der Waals surface area contributed by atoms with E-state index in [1.165, 1.54) is 31.0 Å². The highest BCUT2D eigenvalue weighted by molar-refractivity contribution is 7.99. The quantitative estimate of drug-likeness (QED) is 0.531. The van der Waals surface area contributed by atoms with Crippen molar-refractivity contribution in [2.75, 3.05) is 12.9 Å². The van der Waals surface area contributed by atoms with Crippen molar-refractivity contribution >= 4 is 23.6 Å². The first-order valence-electron chi connectivity index (χ1n) is 9.91. The van der Waals surface area contributed by atoms with Crippen molar-refractivity contribution in [1.82, 2.24) is 25.6 Å². The Balaban J connectivity index is 1.50. The maximum Gasteiger partial charge on any atom is 0.269 e. The zero-order valence-electron chi connectivity index (χ0n) is 16.8. The van der Waals surface area contributed by atoms with E-state index in [1.807, 2.05) is 0 Å². The second-order valence-electron chi connectivity index (χ2n) is 6.94. The Hall–Kier alpha value is -2.55. The lowest BCUT2D eigenvalue weighted by molar-refractivity contribution is -0.119. The Kier molecular flexibility index (Phi) is 7.51. The average Bonchev–Trinajstić information content (AvgIpc) is 3.19. The molecule has 0 saturated heterocycles. The molecule has 0 spiro atoms. The SMILES string of the molecule is CCn1c(SCC(=O)NNC(=O)c2ccc(OC)cc2)nnc1C1CCCCC1. The molecular formula is C20H27N5O3S. The van der Waals surface area contributed by atoms with Crippen molar-refractivity contribution in [2.45, 2.75) is 56.6 Å². The number of benzene rings is 1. The van der Waals surface area contributed by atoms with Crippen molar-refractivity contribution in [2.24, 2.45) is 0 Å². The summed E-state index contributed by atoms with van der Waals surface area (Å²) in [4.78, 5) is 24.2. The second-order valence-corrected chi connectivity index (χ2v) is 7.88. The number of carbonyl (C=O) groups is 2. The van der Waals surface area contributed by atoms with Crippen LogP contribution >= 0.6 is 11.8 Å². The number of nitrogens with one attached hydrogen (secondary N) is 2. The summed E-state index contributed by atoms with van der Waals surface area (Å²) in [6, 6.07) is 6.64. The highest BCUT2D eigenvalue weighted by Crippen LogP contribution is 2.33. The predicted molar refractivity (Wildman–Crippen MR) is 111 cm³/mol. The Labute approximate surface area is 174 Å². The lowest BCUT2D eigenvalue weighted by Gasteiger charge is -2.21. The summed E-state index contributed by atoms with van der Waals surface area (Å²) >= 11 is 1.33. The molecule has 8 nitrogen and oxygen atoms in total. The first-order chi connectivity index (χ1) is 14.1. The number of rotatable bonds is 7. The van der Waals surface area contributed by atoms with E-state index < -0.39 is 0 Å². The monoisotopic (exact) mass is 417 g/mol. The maximum absolute atomic E-state index is 12.1. The topological polar surface area (TPSA) is 98.1 Å². The summed E-state index contributed by atoms with van der Waals surface area (Å²) in [6.45, 7) is 2.84. The molecule has 1 aromatic heterocycles. The van der Waals surface area contributed by atoms with Crippen LogP contribution in [0.3, 0.4) is 0 Å². The number of hydrogen-bond acceptors (Lipinski definition) is 6. The smallest absolute Gasteiger partial charge is 0.269 e. The van der Waals surface area contributed by atoms with Gasteiger partial charge in [-0.05, 0) is 44.0 Å². The van der Waals surface area contributed by atoms with Crippen LogP contribution in [0.25, 0.3) is 0 Å². The molecule has 29 heavy (non-hydrogen) atoms. The minimum absolute atomic E-state index is 0.145. The summed E-state index contributed by atoms with van der Waals surface area (Å²) in [6.07, 6.45) is 6.07. The number of carbonyl (C=O) groups excluding carboxylic acids is 2. The molecule has 0 unspecified atom stereocenters. The van der Waals surface area contributed by atoms with Gasteiger partial charge in [0, 0.05) is 18.0 Å². The minimum Gasteiger partial charge on any atom is -0.497 e. The van der Waals surface area contributed by atoms with Gasteiger partial charge in [-0.2, -0.15) is 0 Å². The molecule has 0 radical (unpaired) electrons. The summed E-state index contributed by atoms with van der Waals surface area (Å²) in [5, 5.41) is 9.43. The summed E-state index contributed by atoms with van der Waals surface area (Å²) in [7, 11) is 1.56. The molecule has 0 bridgehead atoms. The Bertz CT molecular complexity index is 831. The van der Waals surface area contributed by atoms with Gasteiger partial charge >= 0.3 is 0 Å². The van der Waals surface area contributed by atoms with Crippen molar-refractivity contribution in [1.29, 1.82) is 0 Å². The van der Waals surface area contributed by atoms with Crippen LogP contribution in [-0.2, 0) is 11.3 Å². The Morgan fingerprint density at radius 1 is 1.14 bits per heavy atom. The second kappa shape index (κ2) is 10.3. The number of aromatic nitrogens is 3. The first kappa shape index (κ1) is 21.2. The number of methoxy groups -OCH3 is 1. The molecule has 1 heterocycles. The third-order valence-electron chi connectivity index (χ3n) is 5.03. The largest absolute Gasteiger partial charge is 0.497 e. The molecule has 1 saturated carbocycles. The number of amides is 2. The molecule has 1 aromatic carbocycles. The zero-order valence-corrected chi connectivity index (χ0v) is 17.6. The summed E-state index contributed by atoms with van der Waals surface area (Å²) in [5.41, 5.74) is 5.29. The van der Waals surface area contributed by atoms with Crippen molar-refractivity contribution in [3.8, 4) is 5.75 Å². The normalized spacial score (nSPS) is 14.4. The average molecular weight is 418 g/mol. The molecule has 0 aliphatic heterocycles. The van der Waals surface area contributed by atoms with Gasteiger partial charge in [-0.3, -0.25) is 20.4 Å². The fourth-order valence-electron chi connectivity index (χ4n) is 3.47. The summed E-state index contributed by atoms with van der Waals surface area (Å²) in [5.74, 6) is 1.61. The van der Waals surface area contributed by atoms with Crippen LogP contribution in [0, 0.1) is 0 Å². The van der Waals surface area contributed by atoms with Gasteiger partial charge in [0.1, 0.15) is 11.6 Å². The molecule has 156 valence electrons. The molecule has 1 aliphatic rings. The minimum atomic E-state index is -0.387. The number of hydrogen-bond donors (Lipinski definition) is 2. The van der Waals surface area contributed by atoms with Crippen LogP contribution in [0.2, 0.25) is 0 Å². The number of ether oxygens (including phenoxy) is 1. The lowest BCUT2D eigenvalue weighted by atomic mass is 9.89. The van der Waals surface area contributed by atoms with Crippen molar-refractivity contribution in [3.05, 3.63) is 35.7 Å². The Morgan fingerprint density at radius 3 is 2.52 bits per heavy atom. The summed E-state index contributed by atoms with van der Waals surface area (Å²) < 4.78 is 7.16. The van der Waals surface area contributed by atoms with Crippen LogP contribution in [0.5, 0.6) is 5.75 Å². The van der Waals surface area contributed by atoms with Crippen LogP contribution in [0.15, 0.2) is 29.4 Å². The van der Waals surface area contributed by atoms with Gasteiger partial charge in [-0.15, -0.1) is 10.2 Å². The van der Waals surface area contributed by atoms with Gasteiger partial charge in [0.05, 0.1) is 12.9 Å². The molecule has 0 atom stereocenters. The van der Waals surface area contributed by atoms with Gasteiger partial charge < -0.3 is 9.30 Å². The van der Waals surface area contributed by atoms with Gasteiger partial charge in [0.15, 0.2) is 5.16 Å². The number of nitrogens with zero attached hydrogens (tertiary/aromatic N) is 3. The fraction of sp³-hybridized carbons (Fsp3) is 0.500. The van der Waals surface area contributed by atoms with Gasteiger partial charge in [-0.25, -0.2) is 0 Å². The Morgan fingerprint density at radius 2 is 1.86 bits per heavy atom. The van der Waals surface area contributed by atoms with Crippen LogP contribution < -0.4 is 15.6 Å². The van der Waals surface area contributed by atoms with Gasteiger partial charge in [0.25, 0.3) is 5.91 Å². The molecule has 1 fully saturated rings. The molecule has 9 heteroatoms. The standard InChI is InChI=1S/C20H27N5O3S/c1-3-25-18(14-7-5-4-6-8-14)22-24-20(25)29-13-17(26)21-23-19(27)15-9-11-16(28-2)12-10-15/h9-12,14H,3-8,13H2,1-2H3,(H,21,26)(H,23,27). The third-order valence-corrected chi connectivity index (χ3v) is 6.00. The molecule has 2 aromatic rings. The molecule has 3 rings (SSSR count). The van der Waals surface area contributed by atoms with Crippen molar-refractivity contribution < 1.29 is 14.3 Å². The van der Waals surface area contributed by atoms with E-state index in [9.17, 15) is 9.59 Å². The first-order valence-corrected chi connectivity index (χ1v) is 10.9.